The number of nitrogens with zero attached hydrogens (tertiary/aromatic N) is 4. The van der Waals surface area contributed by atoms with Crippen LogP contribution in [0.1, 0.15) is 32.6 Å². The summed E-state index contributed by atoms with van der Waals surface area (Å²) in [6, 6.07) is 0. The maximum Gasteiger partial charge on any atom is 0.332 e. The molecule has 0 unspecified atom stereocenters. The molecule has 1 aliphatic rings. The van der Waals surface area contributed by atoms with Crippen molar-refractivity contribution >= 4 is 17.1 Å². The Hall–Kier alpha value is -2.09. The summed E-state index contributed by atoms with van der Waals surface area (Å²) in [5, 5.41) is 12.5. The Morgan fingerprint density at radius 3 is 2.87 bits per heavy atom. The molecule has 0 aliphatic carbocycles. The number of imidazole rings is 1. The average molecular weight is 321 g/mol. The third-order valence-corrected chi connectivity index (χ3v) is 4.33. The number of nitrogens with one attached hydrogen (secondary N) is 1. The third kappa shape index (κ3) is 2.78. The summed E-state index contributed by atoms with van der Waals surface area (Å²) in [4.78, 5) is 29.6. The Kier molecular flexibility index (Phi) is 4.25. The van der Waals surface area contributed by atoms with E-state index in [-0.39, 0.29) is 17.4 Å². The summed E-state index contributed by atoms with van der Waals surface area (Å²) in [5.74, 6) is 0.658. The van der Waals surface area contributed by atoms with Gasteiger partial charge < -0.3 is 15.0 Å². The minimum Gasteiger partial charge on any atom is -0.393 e. The van der Waals surface area contributed by atoms with Gasteiger partial charge in [-0.15, -0.1) is 0 Å². The maximum atomic E-state index is 12.8. The van der Waals surface area contributed by atoms with Crippen LogP contribution in [0.2, 0.25) is 0 Å². The number of aromatic nitrogens is 4. The van der Waals surface area contributed by atoms with E-state index in [0.717, 1.165) is 25.9 Å². The molecule has 3 heterocycles. The summed E-state index contributed by atoms with van der Waals surface area (Å²) < 4.78 is 4.60. The molecule has 2 N–H and O–H groups in total. The van der Waals surface area contributed by atoms with Crippen LogP contribution in [0.5, 0.6) is 0 Å². The predicted octanol–water partition coefficient (Wildman–Crippen LogP) is 0.263. The van der Waals surface area contributed by atoms with E-state index in [1.807, 2.05) is 4.57 Å². The number of aliphatic hydroxyl groups excluding tert-OH is 1. The predicted molar refractivity (Wildman–Crippen MR) is 87.9 cm³/mol. The lowest BCUT2D eigenvalue weighted by Crippen LogP contribution is -2.39. The molecule has 1 atom stereocenters. The molecule has 2 aromatic rings. The van der Waals surface area contributed by atoms with Crippen molar-refractivity contribution in [2.45, 2.75) is 51.8 Å². The minimum atomic E-state index is -0.357. The van der Waals surface area contributed by atoms with Gasteiger partial charge in [0.15, 0.2) is 11.2 Å². The maximum absolute atomic E-state index is 12.8. The Balaban J connectivity index is 2.02. The van der Waals surface area contributed by atoms with Crippen LogP contribution in [-0.4, -0.2) is 36.4 Å². The Labute approximate surface area is 133 Å². The molecule has 23 heavy (non-hydrogen) atoms. The van der Waals surface area contributed by atoms with Gasteiger partial charge in [0.1, 0.15) is 0 Å². The first-order valence-electron chi connectivity index (χ1n) is 8.12. The second-order valence-corrected chi connectivity index (χ2v) is 6.18. The van der Waals surface area contributed by atoms with E-state index < -0.39 is 0 Å². The summed E-state index contributed by atoms with van der Waals surface area (Å²) in [6.45, 7) is 3.66. The van der Waals surface area contributed by atoms with E-state index in [0.29, 0.717) is 36.5 Å². The highest BCUT2D eigenvalue weighted by Gasteiger charge is 2.21. The number of aliphatic hydroxyl groups is 1. The van der Waals surface area contributed by atoms with E-state index in [2.05, 4.69) is 10.3 Å². The van der Waals surface area contributed by atoms with Crippen LogP contribution in [0.3, 0.4) is 0 Å². The second-order valence-electron chi connectivity index (χ2n) is 6.18. The van der Waals surface area contributed by atoms with Crippen LogP contribution >= 0.6 is 0 Å². The van der Waals surface area contributed by atoms with Crippen molar-refractivity contribution < 1.29 is 5.11 Å². The van der Waals surface area contributed by atoms with E-state index in [1.165, 1.54) is 9.13 Å². The SMILES string of the molecule is C[C@@H](O)CCCCn1c(=O)c2c(nc3n2CCCN3)n(C)c1=O. The van der Waals surface area contributed by atoms with Crippen LogP contribution in [0.4, 0.5) is 5.95 Å². The molecule has 0 fully saturated rings. The number of rotatable bonds is 5. The molecule has 1 aliphatic heterocycles. The fraction of sp³-hybridized carbons (Fsp3) is 0.667. The zero-order chi connectivity index (χ0) is 16.6. The number of hydrogen-bond donors (Lipinski definition) is 2. The van der Waals surface area contributed by atoms with Crippen molar-refractivity contribution in [3.63, 3.8) is 0 Å². The first-order valence-corrected chi connectivity index (χ1v) is 8.12. The normalized spacial score (nSPS) is 15.4. The van der Waals surface area contributed by atoms with Crippen LogP contribution in [0.15, 0.2) is 9.59 Å². The van der Waals surface area contributed by atoms with Gasteiger partial charge in [0.25, 0.3) is 5.56 Å². The number of fused-ring (bicyclic) bond motifs is 3. The zero-order valence-corrected chi connectivity index (χ0v) is 13.6. The van der Waals surface area contributed by atoms with Crippen LogP contribution in [0, 0.1) is 0 Å². The van der Waals surface area contributed by atoms with Crippen molar-refractivity contribution in [1.82, 2.24) is 18.7 Å². The average Bonchev–Trinajstić information content (AvgIpc) is 2.91. The lowest BCUT2D eigenvalue weighted by molar-refractivity contribution is 0.180. The molecule has 2 aromatic heterocycles. The van der Waals surface area contributed by atoms with Gasteiger partial charge in [-0.05, 0) is 32.6 Å². The molecule has 0 amide bonds. The fourth-order valence-electron chi connectivity index (χ4n) is 3.07. The molecule has 0 saturated heterocycles. The van der Waals surface area contributed by atoms with E-state index >= 15 is 0 Å². The van der Waals surface area contributed by atoms with Crippen LogP contribution in [-0.2, 0) is 20.1 Å². The van der Waals surface area contributed by atoms with Crippen molar-refractivity contribution in [1.29, 1.82) is 0 Å². The summed E-state index contributed by atoms with van der Waals surface area (Å²) >= 11 is 0. The Morgan fingerprint density at radius 2 is 2.13 bits per heavy atom. The Bertz CT molecular complexity index is 830. The van der Waals surface area contributed by atoms with Crippen molar-refractivity contribution in [2.24, 2.45) is 7.05 Å². The van der Waals surface area contributed by atoms with Crippen molar-refractivity contribution in [3.05, 3.63) is 20.8 Å². The third-order valence-electron chi connectivity index (χ3n) is 4.33. The highest BCUT2D eigenvalue weighted by atomic mass is 16.3. The summed E-state index contributed by atoms with van der Waals surface area (Å²) in [5.41, 5.74) is 0.312. The molecule has 0 spiro atoms. The van der Waals surface area contributed by atoms with Gasteiger partial charge in [-0.2, -0.15) is 4.98 Å². The van der Waals surface area contributed by atoms with Crippen molar-refractivity contribution in [3.8, 4) is 0 Å². The van der Waals surface area contributed by atoms with Gasteiger partial charge in [-0.3, -0.25) is 13.9 Å². The van der Waals surface area contributed by atoms with E-state index in [1.54, 1.807) is 14.0 Å². The molecule has 3 rings (SSSR count). The molecule has 126 valence electrons. The minimum absolute atomic E-state index is 0.275. The number of unbranched alkanes of at least 4 members (excludes halogenated alkanes) is 1. The quantitative estimate of drug-likeness (QED) is 0.771. The lowest BCUT2D eigenvalue weighted by atomic mass is 10.2. The largest absolute Gasteiger partial charge is 0.393 e. The first-order chi connectivity index (χ1) is 11.0. The van der Waals surface area contributed by atoms with Gasteiger partial charge in [0.05, 0.1) is 6.10 Å². The van der Waals surface area contributed by atoms with Crippen LogP contribution < -0.4 is 16.6 Å². The van der Waals surface area contributed by atoms with Crippen molar-refractivity contribution in [2.75, 3.05) is 11.9 Å². The zero-order valence-electron chi connectivity index (χ0n) is 13.6. The van der Waals surface area contributed by atoms with Gasteiger partial charge in [-0.1, -0.05) is 0 Å². The lowest BCUT2D eigenvalue weighted by Gasteiger charge is -2.15. The van der Waals surface area contributed by atoms with E-state index in [4.69, 9.17) is 0 Å². The molecule has 8 heteroatoms. The molecule has 8 nitrogen and oxygen atoms in total. The van der Waals surface area contributed by atoms with Gasteiger partial charge in [-0.25, -0.2) is 4.79 Å². The van der Waals surface area contributed by atoms with Crippen LogP contribution in [0.25, 0.3) is 11.2 Å². The molecule has 0 saturated carbocycles. The first kappa shape index (κ1) is 15.8. The number of hydrogen-bond acceptors (Lipinski definition) is 5. The topological polar surface area (TPSA) is 94.1 Å². The summed E-state index contributed by atoms with van der Waals surface area (Å²) in [7, 11) is 1.65. The highest BCUT2D eigenvalue weighted by Crippen LogP contribution is 2.19. The molecule has 0 radical (unpaired) electrons. The molecule has 0 bridgehead atoms. The van der Waals surface area contributed by atoms with E-state index in [9.17, 15) is 14.7 Å². The molecular formula is C15H23N5O3. The highest BCUT2D eigenvalue weighted by molar-refractivity contribution is 5.74. The standard InChI is InChI=1S/C15H23N5O3/c1-10(21)6-3-4-8-20-13(22)11-12(18(2)15(20)23)17-14-16-7-5-9-19(11)14/h10,21H,3-9H2,1-2H3,(H,16,17)/t10-/m1/s1. The molecule has 0 aromatic carbocycles. The number of anilines is 1. The summed E-state index contributed by atoms with van der Waals surface area (Å²) in [6.07, 6.45) is 2.70. The fourth-order valence-corrected chi connectivity index (χ4v) is 3.07. The van der Waals surface area contributed by atoms with Gasteiger partial charge >= 0.3 is 5.69 Å². The number of aryl methyl sites for hydroxylation is 2. The van der Waals surface area contributed by atoms with Gasteiger partial charge in [0, 0.05) is 26.7 Å². The Morgan fingerprint density at radius 1 is 1.35 bits per heavy atom. The van der Waals surface area contributed by atoms with Gasteiger partial charge in [0.2, 0.25) is 5.95 Å². The molecular weight excluding hydrogens is 298 g/mol. The smallest absolute Gasteiger partial charge is 0.332 e. The second kappa shape index (κ2) is 6.19. The monoisotopic (exact) mass is 321 g/mol.